The highest BCUT2D eigenvalue weighted by Gasteiger charge is 2.08. The molecule has 3 nitrogen and oxygen atoms in total. The fourth-order valence-electron chi connectivity index (χ4n) is 1.73. The van der Waals surface area contributed by atoms with E-state index in [2.05, 4.69) is 24.1 Å². The van der Waals surface area contributed by atoms with Gasteiger partial charge in [0.2, 0.25) is 0 Å². The molecule has 2 aromatic rings. The SMILES string of the molecule is CC(C)NCc1ccc(OCc2cccc(F)c2F)cn1. The Morgan fingerprint density at radius 2 is 2.00 bits per heavy atom. The van der Waals surface area contributed by atoms with Crippen molar-refractivity contribution in [1.29, 1.82) is 0 Å². The van der Waals surface area contributed by atoms with Crippen molar-refractivity contribution in [2.24, 2.45) is 0 Å². The molecular weight excluding hydrogens is 274 g/mol. The molecule has 1 aromatic heterocycles. The lowest BCUT2D eigenvalue weighted by molar-refractivity contribution is 0.296. The summed E-state index contributed by atoms with van der Waals surface area (Å²) in [7, 11) is 0. The summed E-state index contributed by atoms with van der Waals surface area (Å²) >= 11 is 0. The van der Waals surface area contributed by atoms with Gasteiger partial charge in [-0.05, 0) is 18.2 Å². The molecule has 0 spiro atoms. The van der Waals surface area contributed by atoms with Crippen LogP contribution in [0.4, 0.5) is 8.78 Å². The molecule has 0 atom stereocenters. The van der Waals surface area contributed by atoms with Crippen LogP contribution in [0.15, 0.2) is 36.5 Å². The lowest BCUT2D eigenvalue weighted by Gasteiger charge is -2.09. The van der Waals surface area contributed by atoms with Crippen LogP contribution >= 0.6 is 0 Å². The number of ether oxygens (including phenoxy) is 1. The van der Waals surface area contributed by atoms with Gasteiger partial charge in [0, 0.05) is 18.2 Å². The van der Waals surface area contributed by atoms with Gasteiger partial charge in [0.15, 0.2) is 11.6 Å². The summed E-state index contributed by atoms with van der Waals surface area (Å²) < 4.78 is 31.9. The minimum Gasteiger partial charge on any atom is -0.487 e. The molecule has 0 radical (unpaired) electrons. The van der Waals surface area contributed by atoms with Gasteiger partial charge >= 0.3 is 0 Å². The largest absolute Gasteiger partial charge is 0.487 e. The second-order valence-electron chi connectivity index (χ2n) is 5.02. The molecule has 0 aliphatic rings. The summed E-state index contributed by atoms with van der Waals surface area (Å²) in [6, 6.07) is 8.02. The van der Waals surface area contributed by atoms with Crippen LogP contribution in [0.5, 0.6) is 5.75 Å². The average molecular weight is 292 g/mol. The van der Waals surface area contributed by atoms with Crippen molar-refractivity contribution in [2.75, 3.05) is 0 Å². The van der Waals surface area contributed by atoms with Crippen LogP contribution in [0.1, 0.15) is 25.1 Å². The molecule has 21 heavy (non-hydrogen) atoms. The first kappa shape index (κ1) is 15.4. The number of pyridine rings is 1. The van der Waals surface area contributed by atoms with Crippen molar-refractivity contribution in [3.8, 4) is 5.75 Å². The molecule has 0 saturated carbocycles. The van der Waals surface area contributed by atoms with Gasteiger partial charge in [-0.1, -0.05) is 26.0 Å². The summed E-state index contributed by atoms with van der Waals surface area (Å²) in [6.07, 6.45) is 1.58. The van der Waals surface area contributed by atoms with E-state index >= 15 is 0 Å². The second-order valence-corrected chi connectivity index (χ2v) is 5.02. The summed E-state index contributed by atoms with van der Waals surface area (Å²) in [5.41, 5.74) is 1.08. The van der Waals surface area contributed by atoms with E-state index < -0.39 is 11.6 Å². The maximum Gasteiger partial charge on any atom is 0.165 e. The van der Waals surface area contributed by atoms with Crippen molar-refractivity contribution < 1.29 is 13.5 Å². The van der Waals surface area contributed by atoms with Gasteiger partial charge in [-0.2, -0.15) is 0 Å². The highest BCUT2D eigenvalue weighted by atomic mass is 19.2. The van der Waals surface area contributed by atoms with E-state index in [1.54, 1.807) is 12.3 Å². The Bertz CT molecular complexity index is 585. The van der Waals surface area contributed by atoms with Gasteiger partial charge in [-0.25, -0.2) is 8.78 Å². The van der Waals surface area contributed by atoms with Gasteiger partial charge in [0.1, 0.15) is 12.4 Å². The lowest BCUT2D eigenvalue weighted by atomic mass is 10.2. The number of benzene rings is 1. The quantitative estimate of drug-likeness (QED) is 0.885. The zero-order valence-electron chi connectivity index (χ0n) is 12.1. The Labute approximate surface area is 123 Å². The number of nitrogens with one attached hydrogen (secondary N) is 1. The molecule has 112 valence electrons. The number of hydrogen-bond donors (Lipinski definition) is 1. The van der Waals surface area contributed by atoms with Crippen LogP contribution < -0.4 is 10.1 Å². The zero-order chi connectivity index (χ0) is 15.2. The number of aromatic nitrogens is 1. The Morgan fingerprint density at radius 1 is 1.19 bits per heavy atom. The number of hydrogen-bond acceptors (Lipinski definition) is 3. The van der Waals surface area contributed by atoms with Crippen LogP contribution in [-0.4, -0.2) is 11.0 Å². The minimum atomic E-state index is -0.872. The minimum absolute atomic E-state index is 0.0329. The van der Waals surface area contributed by atoms with Crippen LogP contribution in [-0.2, 0) is 13.2 Å². The molecule has 0 amide bonds. The molecule has 0 fully saturated rings. The average Bonchev–Trinajstić information content (AvgIpc) is 2.48. The maximum absolute atomic E-state index is 13.5. The molecule has 0 saturated heterocycles. The topological polar surface area (TPSA) is 34.1 Å². The van der Waals surface area contributed by atoms with Crippen LogP contribution in [0, 0.1) is 11.6 Å². The van der Waals surface area contributed by atoms with Crippen molar-refractivity contribution in [2.45, 2.75) is 33.0 Å². The van der Waals surface area contributed by atoms with Crippen LogP contribution in [0.2, 0.25) is 0 Å². The monoisotopic (exact) mass is 292 g/mol. The molecule has 1 aromatic carbocycles. The number of nitrogens with zero attached hydrogens (tertiary/aromatic N) is 1. The fraction of sp³-hybridized carbons (Fsp3) is 0.312. The van der Waals surface area contributed by atoms with Crippen molar-refractivity contribution in [3.05, 3.63) is 59.4 Å². The molecule has 5 heteroatoms. The number of rotatable bonds is 6. The molecule has 1 N–H and O–H groups in total. The summed E-state index contributed by atoms with van der Waals surface area (Å²) in [6.45, 7) is 4.77. The molecule has 0 aliphatic heterocycles. The highest BCUT2D eigenvalue weighted by Crippen LogP contribution is 2.15. The Kier molecular flexibility index (Phi) is 5.22. The first-order valence-corrected chi connectivity index (χ1v) is 6.80. The Morgan fingerprint density at radius 3 is 2.67 bits per heavy atom. The van der Waals surface area contributed by atoms with E-state index in [0.717, 1.165) is 11.8 Å². The van der Waals surface area contributed by atoms with E-state index in [1.165, 1.54) is 12.1 Å². The molecule has 1 heterocycles. The van der Waals surface area contributed by atoms with Crippen LogP contribution in [0.25, 0.3) is 0 Å². The van der Waals surface area contributed by atoms with Crippen molar-refractivity contribution >= 4 is 0 Å². The predicted octanol–water partition coefficient (Wildman–Crippen LogP) is 3.44. The van der Waals surface area contributed by atoms with E-state index in [-0.39, 0.29) is 12.2 Å². The zero-order valence-corrected chi connectivity index (χ0v) is 12.1. The fourth-order valence-corrected chi connectivity index (χ4v) is 1.73. The van der Waals surface area contributed by atoms with E-state index in [4.69, 9.17) is 4.74 Å². The van der Waals surface area contributed by atoms with E-state index in [9.17, 15) is 8.78 Å². The Hall–Kier alpha value is -2.01. The van der Waals surface area contributed by atoms with Crippen molar-refractivity contribution in [3.63, 3.8) is 0 Å². The third-order valence-electron chi connectivity index (χ3n) is 2.91. The lowest BCUT2D eigenvalue weighted by Crippen LogP contribution is -2.22. The van der Waals surface area contributed by atoms with Gasteiger partial charge in [-0.15, -0.1) is 0 Å². The molecule has 0 aliphatic carbocycles. The Balaban J connectivity index is 1.93. The summed E-state index contributed by atoms with van der Waals surface area (Å²) in [5.74, 6) is -1.22. The molecule has 0 bridgehead atoms. The normalized spacial score (nSPS) is 10.9. The molecule has 0 unspecified atom stereocenters. The first-order chi connectivity index (χ1) is 10.1. The highest BCUT2D eigenvalue weighted by molar-refractivity contribution is 5.22. The first-order valence-electron chi connectivity index (χ1n) is 6.80. The van der Waals surface area contributed by atoms with Gasteiger partial charge < -0.3 is 10.1 Å². The predicted molar refractivity (Wildman–Crippen MR) is 76.9 cm³/mol. The smallest absolute Gasteiger partial charge is 0.165 e. The summed E-state index contributed by atoms with van der Waals surface area (Å²) in [4.78, 5) is 4.25. The third kappa shape index (κ3) is 4.49. The number of halogens is 2. The van der Waals surface area contributed by atoms with Crippen LogP contribution in [0.3, 0.4) is 0 Å². The van der Waals surface area contributed by atoms with Gasteiger partial charge in [-0.3, -0.25) is 4.98 Å². The maximum atomic E-state index is 13.5. The third-order valence-corrected chi connectivity index (χ3v) is 2.91. The van der Waals surface area contributed by atoms with Gasteiger partial charge in [0.25, 0.3) is 0 Å². The van der Waals surface area contributed by atoms with E-state index in [1.807, 2.05) is 6.07 Å². The van der Waals surface area contributed by atoms with E-state index in [0.29, 0.717) is 18.3 Å². The van der Waals surface area contributed by atoms with Crippen molar-refractivity contribution in [1.82, 2.24) is 10.3 Å². The second kappa shape index (κ2) is 7.13. The molecular formula is C16H18F2N2O. The molecule has 2 rings (SSSR count). The summed E-state index contributed by atoms with van der Waals surface area (Å²) in [5, 5.41) is 3.26. The van der Waals surface area contributed by atoms with Gasteiger partial charge in [0.05, 0.1) is 11.9 Å². The standard InChI is InChI=1S/C16H18F2N2O/c1-11(2)19-8-13-6-7-14(9-20-13)21-10-12-4-3-5-15(17)16(12)18/h3-7,9,11,19H,8,10H2,1-2H3.